The Bertz CT molecular complexity index is 670. The van der Waals surface area contributed by atoms with Gasteiger partial charge < -0.3 is 15.3 Å². The number of anilines is 1. The molecule has 6 heteroatoms. The van der Waals surface area contributed by atoms with Gasteiger partial charge in [0, 0.05) is 31.2 Å². The van der Waals surface area contributed by atoms with Crippen LogP contribution in [0, 0.1) is 11.7 Å². The van der Waals surface area contributed by atoms with Crippen LogP contribution >= 0.6 is 0 Å². The number of urea groups is 1. The summed E-state index contributed by atoms with van der Waals surface area (Å²) in [6.45, 7) is 1.17. The van der Waals surface area contributed by atoms with E-state index >= 15 is 0 Å². The highest BCUT2D eigenvalue weighted by Crippen LogP contribution is 2.31. The third-order valence-corrected chi connectivity index (χ3v) is 4.42. The molecule has 2 N–H and O–H groups in total. The zero-order valence-corrected chi connectivity index (χ0v) is 13.2. The fraction of sp³-hybridized carbons (Fsp3) is 0.333. The normalized spacial score (nSPS) is 16.7. The van der Waals surface area contributed by atoms with Gasteiger partial charge >= 0.3 is 6.03 Å². The van der Waals surface area contributed by atoms with E-state index < -0.39 is 6.10 Å². The molecule has 1 aromatic carbocycles. The number of nitrogens with zero attached hydrogens (tertiary/aromatic N) is 2. The molecular weight excluding hydrogens is 309 g/mol. The van der Waals surface area contributed by atoms with E-state index in [0.717, 1.165) is 5.56 Å². The first-order valence-electron chi connectivity index (χ1n) is 8.03. The molecule has 1 aliphatic rings. The summed E-state index contributed by atoms with van der Waals surface area (Å²) in [5, 5.41) is 13.3. The number of pyridine rings is 1. The number of likely N-dealkylation sites (tertiary alicyclic amines) is 1. The lowest BCUT2D eigenvalue weighted by Gasteiger charge is -2.34. The first-order valence-corrected chi connectivity index (χ1v) is 8.03. The Morgan fingerprint density at radius 3 is 2.42 bits per heavy atom. The second-order valence-electron chi connectivity index (χ2n) is 5.99. The molecule has 2 amide bonds. The smallest absolute Gasteiger partial charge is 0.321 e. The number of piperidine rings is 1. The third kappa shape index (κ3) is 3.89. The van der Waals surface area contributed by atoms with Crippen molar-refractivity contribution in [3.63, 3.8) is 0 Å². The summed E-state index contributed by atoms with van der Waals surface area (Å²) in [5.74, 6) is -0.242. The van der Waals surface area contributed by atoms with Crippen LogP contribution in [0.5, 0.6) is 0 Å². The number of aromatic nitrogens is 1. The van der Waals surface area contributed by atoms with Gasteiger partial charge in [0.25, 0.3) is 0 Å². The van der Waals surface area contributed by atoms with Gasteiger partial charge in [0.15, 0.2) is 0 Å². The van der Waals surface area contributed by atoms with E-state index in [1.165, 1.54) is 12.1 Å². The van der Waals surface area contributed by atoms with Crippen molar-refractivity contribution in [2.75, 3.05) is 18.4 Å². The number of carbonyl (C=O) groups is 1. The van der Waals surface area contributed by atoms with Crippen molar-refractivity contribution in [3.8, 4) is 0 Å². The van der Waals surface area contributed by atoms with Crippen LogP contribution in [0.2, 0.25) is 0 Å². The van der Waals surface area contributed by atoms with Crippen LogP contribution in [0.4, 0.5) is 14.9 Å². The average Bonchev–Trinajstić information content (AvgIpc) is 2.63. The number of carbonyl (C=O) groups excluding carboxylic acids is 1. The maximum atomic E-state index is 13.0. The van der Waals surface area contributed by atoms with Crippen molar-refractivity contribution < 1.29 is 14.3 Å². The topological polar surface area (TPSA) is 65.5 Å². The van der Waals surface area contributed by atoms with Crippen molar-refractivity contribution in [2.45, 2.75) is 18.9 Å². The van der Waals surface area contributed by atoms with E-state index in [1.807, 2.05) is 0 Å². The van der Waals surface area contributed by atoms with Crippen LogP contribution < -0.4 is 5.32 Å². The minimum absolute atomic E-state index is 0.0698. The Morgan fingerprint density at radius 2 is 1.79 bits per heavy atom. The molecule has 3 rings (SSSR count). The molecule has 0 bridgehead atoms. The van der Waals surface area contributed by atoms with Gasteiger partial charge in [-0.2, -0.15) is 0 Å². The molecule has 0 radical (unpaired) electrons. The van der Waals surface area contributed by atoms with E-state index in [-0.39, 0.29) is 17.8 Å². The summed E-state index contributed by atoms with van der Waals surface area (Å²) in [4.78, 5) is 17.9. The van der Waals surface area contributed by atoms with Gasteiger partial charge in [-0.1, -0.05) is 12.1 Å². The summed E-state index contributed by atoms with van der Waals surface area (Å²) in [6, 6.07) is 9.28. The lowest BCUT2D eigenvalue weighted by atomic mass is 9.87. The highest BCUT2D eigenvalue weighted by Gasteiger charge is 2.28. The van der Waals surface area contributed by atoms with Crippen LogP contribution in [0.1, 0.15) is 24.5 Å². The highest BCUT2D eigenvalue weighted by atomic mass is 19.1. The molecule has 5 nitrogen and oxygen atoms in total. The maximum Gasteiger partial charge on any atom is 0.321 e. The Labute approximate surface area is 140 Å². The second kappa shape index (κ2) is 7.40. The van der Waals surface area contributed by atoms with Crippen molar-refractivity contribution in [1.82, 2.24) is 9.88 Å². The number of aliphatic hydroxyl groups is 1. The first kappa shape index (κ1) is 16.4. The van der Waals surface area contributed by atoms with E-state index in [4.69, 9.17) is 0 Å². The van der Waals surface area contributed by atoms with Crippen molar-refractivity contribution in [2.24, 2.45) is 5.92 Å². The zero-order chi connectivity index (χ0) is 16.9. The standard InChI is InChI=1S/C18H20FN3O2/c19-15-3-1-13(2-4-15)17(23)14-7-11-22(12-8-14)18(24)21-16-5-9-20-10-6-16/h1-6,9-10,14,17,23H,7-8,11-12H2,(H,20,21,24). The quantitative estimate of drug-likeness (QED) is 0.909. The number of amides is 2. The molecule has 1 saturated heterocycles. The molecule has 126 valence electrons. The Hall–Kier alpha value is -2.47. The summed E-state index contributed by atoms with van der Waals surface area (Å²) in [6.07, 6.45) is 4.04. The van der Waals surface area contributed by atoms with Gasteiger partial charge in [-0.05, 0) is 48.6 Å². The lowest BCUT2D eigenvalue weighted by molar-refractivity contribution is 0.0682. The van der Waals surface area contributed by atoms with E-state index in [1.54, 1.807) is 41.6 Å². The zero-order valence-electron chi connectivity index (χ0n) is 13.2. The summed E-state index contributed by atoms with van der Waals surface area (Å²) >= 11 is 0. The average molecular weight is 329 g/mol. The maximum absolute atomic E-state index is 13.0. The molecule has 0 aliphatic carbocycles. The largest absolute Gasteiger partial charge is 0.388 e. The molecule has 0 saturated carbocycles. The van der Waals surface area contributed by atoms with Gasteiger partial charge in [-0.25, -0.2) is 9.18 Å². The molecule has 2 heterocycles. The number of hydrogen-bond acceptors (Lipinski definition) is 3. The van der Waals surface area contributed by atoms with Gasteiger partial charge in [0.2, 0.25) is 0 Å². The molecular formula is C18H20FN3O2. The molecule has 1 aromatic heterocycles. The second-order valence-corrected chi connectivity index (χ2v) is 5.99. The number of benzene rings is 1. The number of hydrogen-bond donors (Lipinski definition) is 2. The molecule has 24 heavy (non-hydrogen) atoms. The number of aliphatic hydroxyl groups excluding tert-OH is 1. The van der Waals surface area contributed by atoms with Gasteiger partial charge in [0.05, 0.1) is 6.10 Å². The third-order valence-electron chi connectivity index (χ3n) is 4.42. The summed E-state index contributed by atoms with van der Waals surface area (Å²) in [7, 11) is 0. The van der Waals surface area contributed by atoms with E-state index in [2.05, 4.69) is 10.3 Å². The molecule has 1 unspecified atom stereocenters. The predicted molar refractivity (Wildman–Crippen MR) is 88.9 cm³/mol. The molecule has 1 aliphatic heterocycles. The highest BCUT2D eigenvalue weighted by molar-refractivity contribution is 5.89. The van der Waals surface area contributed by atoms with Crippen LogP contribution in [0.3, 0.4) is 0 Å². The monoisotopic (exact) mass is 329 g/mol. The summed E-state index contributed by atoms with van der Waals surface area (Å²) < 4.78 is 13.0. The SMILES string of the molecule is O=C(Nc1ccncc1)N1CCC(C(O)c2ccc(F)cc2)CC1. The minimum atomic E-state index is -0.629. The number of rotatable bonds is 3. The first-order chi connectivity index (χ1) is 11.6. The van der Waals surface area contributed by atoms with Crippen LogP contribution in [0.25, 0.3) is 0 Å². The Balaban J connectivity index is 1.53. The molecule has 1 fully saturated rings. The molecule has 0 spiro atoms. The fourth-order valence-corrected chi connectivity index (χ4v) is 2.99. The van der Waals surface area contributed by atoms with Gasteiger partial charge in [-0.15, -0.1) is 0 Å². The van der Waals surface area contributed by atoms with Crippen molar-refractivity contribution in [1.29, 1.82) is 0 Å². The Kier molecular flexibility index (Phi) is 5.05. The van der Waals surface area contributed by atoms with Gasteiger partial charge in [0.1, 0.15) is 5.82 Å². The summed E-state index contributed by atoms with van der Waals surface area (Å²) in [5.41, 5.74) is 1.43. The predicted octanol–water partition coefficient (Wildman–Crippen LogP) is 3.20. The molecule has 2 aromatic rings. The number of halogens is 1. The van der Waals surface area contributed by atoms with Crippen molar-refractivity contribution in [3.05, 3.63) is 60.2 Å². The fourth-order valence-electron chi connectivity index (χ4n) is 2.99. The van der Waals surface area contributed by atoms with E-state index in [9.17, 15) is 14.3 Å². The number of nitrogens with one attached hydrogen (secondary N) is 1. The van der Waals surface area contributed by atoms with E-state index in [0.29, 0.717) is 31.6 Å². The van der Waals surface area contributed by atoms with Gasteiger partial charge in [-0.3, -0.25) is 4.98 Å². The van der Waals surface area contributed by atoms with Crippen LogP contribution in [-0.2, 0) is 0 Å². The van der Waals surface area contributed by atoms with Crippen molar-refractivity contribution >= 4 is 11.7 Å². The molecule has 1 atom stereocenters. The minimum Gasteiger partial charge on any atom is -0.388 e. The van der Waals surface area contributed by atoms with Crippen LogP contribution in [0.15, 0.2) is 48.8 Å². The van der Waals surface area contributed by atoms with Crippen LogP contribution in [-0.4, -0.2) is 34.1 Å². The lowest BCUT2D eigenvalue weighted by Crippen LogP contribution is -2.42. The Morgan fingerprint density at radius 1 is 1.17 bits per heavy atom.